The number of benzene rings is 2. The molecule has 1 saturated heterocycles. The minimum absolute atomic E-state index is 0.0568. The second kappa shape index (κ2) is 11.7. The van der Waals surface area contributed by atoms with Gasteiger partial charge in [0.05, 0.1) is 22.6 Å². The van der Waals surface area contributed by atoms with Crippen LogP contribution in [0.15, 0.2) is 36.4 Å². The Labute approximate surface area is 217 Å². The first-order valence-corrected chi connectivity index (χ1v) is 13.1. The molecule has 0 aliphatic carbocycles. The van der Waals surface area contributed by atoms with E-state index in [2.05, 4.69) is 16.7 Å². The maximum Gasteiger partial charge on any atom is 0.387 e. The summed E-state index contributed by atoms with van der Waals surface area (Å²) in [7, 11) is 1.72. The number of hydrogen-bond donors (Lipinski definition) is 0. The third-order valence-electron chi connectivity index (χ3n) is 6.81. The number of likely N-dealkylation sites (tertiary alicyclic amines) is 1. The van der Waals surface area contributed by atoms with Crippen LogP contribution < -0.4 is 4.74 Å². The van der Waals surface area contributed by atoms with Gasteiger partial charge >= 0.3 is 6.61 Å². The lowest BCUT2D eigenvalue weighted by Crippen LogP contribution is -2.30. The van der Waals surface area contributed by atoms with Crippen LogP contribution in [-0.2, 0) is 0 Å². The SMILES string of the molecule is CC.CCC1c2nc3ccc(C#CCCN4CCCC4)cc3n2-c2c(OC(F)F)cccc2C(=O)N1C. The summed E-state index contributed by atoms with van der Waals surface area (Å²) in [6.07, 6.45) is 3.92. The Bertz CT molecular complexity index is 1320. The zero-order chi connectivity index (χ0) is 26.5. The summed E-state index contributed by atoms with van der Waals surface area (Å²) >= 11 is 0. The van der Waals surface area contributed by atoms with E-state index in [1.807, 2.05) is 39.0 Å². The van der Waals surface area contributed by atoms with Crippen LogP contribution in [0.5, 0.6) is 5.75 Å². The highest BCUT2D eigenvalue weighted by Gasteiger charge is 2.35. The molecule has 2 aliphatic heterocycles. The number of alkyl halides is 2. The van der Waals surface area contributed by atoms with Crippen molar-refractivity contribution in [2.75, 3.05) is 26.7 Å². The van der Waals surface area contributed by atoms with Gasteiger partial charge in [0.1, 0.15) is 11.5 Å². The minimum Gasteiger partial charge on any atom is -0.433 e. The second-order valence-corrected chi connectivity index (χ2v) is 8.98. The van der Waals surface area contributed by atoms with Crippen LogP contribution in [0.2, 0.25) is 0 Å². The van der Waals surface area contributed by atoms with E-state index in [-0.39, 0.29) is 23.4 Å². The molecule has 2 aliphatic rings. The van der Waals surface area contributed by atoms with E-state index in [1.165, 1.54) is 18.9 Å². The zero-order valence-electron chi connectivity index (χ0n) is 21.9. The normalized spacial score (nSPS) is 17.0. The van der Waals surface area contributed by atoms with Crippen LogP contribution in [0.3, 0.4) is 0 Å². The van der Waals surface area contributed by atoms with Crippen molar-refractivity contribution in [3.8, 4) is 23.3 Å². The number of aromatic nitrogens is 2. The number of para-hydroxylation sites is 1. The van der Waals surface area contributed by atoms with E-state index in [4.69, 9.17) is 9.72 Å². The van der Waals surface area contributed by atoms with Gasteiger partial charge in [0.25, 0.3) is 5.91 Å². The molecule has 37 heavy (non-hydrogen) atoms. The molecule has 5 rings (SSSR count). The number of nitrogens with zero attached hydrogens (tertiary/aromatic N) is 4. The predicted octanol–water partition coefficient (Wildman–Crippen LogP) is 6.03. The number of carbonyl (C=O) groups excluding carboxylic acids is 1. The first-order chi connectivity index (χ1) is 18.0. The van der Waals surface area contributed by atoms with E-state index in [0.29, 0.717) is 28.8 Å². The van der Waals surface area contributed by atoms with Crippen molar-refractivity contribution in [3.05, 3.63) is 53.3 Å². The summed E-state index contributed by atoms with van der Waals surface area (Å²) in [5.74, 6) is 6.80. The fourth-order valence-corrected chi connectivity index (χ4v) is 5.09. The summed E-state index contributed by atoms with van der Waals surface area (Å²) in [6, 6.07) is 10.1. The van der Waals surface area contributed by atoms with E-state index in [1.54, 1.807) is 28.6 Å². The van der Waals surface area contributed by atoms with Crippen LogP contribution in [0.4, 0.5) is 8.78 Å². The fourth-order valence-electron chi connectivity index (χ4n) is 5.09. The third kappa shape index (κ3) is 5.33. The van der Waals surface area contributed by atoms with Gasteiger partial charge in [-0.25, -0.2) is 4.98 Å². The van der Waals surface area contributed by atoms with Crippen LogP contribution in [0.25, 0.3) is 16.7 Å². The summed E-state index contributed by atoms with van der Waals surface area (Å²) in [4.78, 5) is 22.2. The number of ether oxygens (including phenoxy) is 1. The molecule has 8 heteroatoms. The van der Waals surface area contributed by atoms with Crippen LogP contribution in [0, 0.1) is 11.8 Å². The molecule has 0 N–H and O–H groups in total. The standard InChI is InChI=1S/C27H28F2N4O2.C2H6/c1-3-21-25-30-20-13-12-18(9-4-5-14-32-15-6-7-16-32)17-22(20)33(25)24-19(26(34)31(21)2)10-8-11-23(24)35-27(28)29;1-2/h8,10-13,17,21,27H,3,5-7,14-16H2,1-2H3;1-2H3. The Morgan fingerprint density at radius 2 is 1.92 bits per heavy atom. The lowest BCUT2D eigenvalue weighted by Gasteiger charge is -2.24. The van der Waals surface area contributed by atoms with Crippen LogP contribution in [0.1, 0.15) is 74.2 Å². The molecule has 6 nitrogen and oxygen atoms in total. The molecule has 0 saturated carbocycles. The molecule has 0 bridgehead atoms. The molecule has 3 heterocycles. The quantitative estimate of drug-likeness (QED) is 0.395. The highest BCUT2D eigenvalue weighted by molar-refractivity contribution is 6.00. The van der Waals surface area contributed by atoms with Gasteiger partial charge in [0.2, 0.25) is 0 Å². The molecule has 1 aromatic heterocycles. The van der Waals surface area contributed by atoms with Gasteiger partial charge in [-0.15, -0.1) is 0 Å². The van der Waals surface area contributed by atoms with Gasteiger partial charge in [-0.2, -0.15) is 8.78 Å². The Morgan fingerprint density at radius 1 is 1.16 bits per heavy atom. The summed E-state index contributed by atoms with van der Waals surface area (Å²) in [6.45, 7) is 6.20. The average Bonchev–Trinajstić information content (AvgIpc) is 3.53. The molecule has 1 fully saturated rings. The molecule has 196 valence electrons. The van der Waals surface area contributed by atoms with Crippen molar-refractivity contribution >= 4 is 16.9 Å². The van der Waals surface area contributed by atoms with Crippen molar-refractivity contribution in [1.82, 2.24) is 19.4 Å². The molecule has 0 spiro atoms. The smallest absolute Gasteiger partial charge is 0.387 e. The number of fused-ring (bicyclic) bond motifs is 5. The topological polar surface area (TPSA) is 50.6 Å². The monoisotopic (exact) mass is 508 g/mol. The summed E-state index contributed by atoms with van der Waals surface area (Å²) in [5, 5.41) is 0. The zero-order valence-corrected chi connectivity index (χ0v) is 21.9. The number of amides is 1. The molecule has 2 aromatic carbocycles. The molecule has 1 unspecified atom stereocenters. The van der Waals surface area contributed by atoms with Crippen molar-refractivity contribution in [1.29, 1.82) is 0 Å². The first kappa shape index (κ1) is 26.6. The van der Waals surface area contributed by atoms with Crippen molar-refractivity contribution in [3.63, 3.8) is 0 Å². The predicted molar refractivity (Wildman–Crippen MR) is 141 cm³/mol. The van der Waals surface area contributed by atoms with Gasteiger partial charge < -0.3 is 14.5 Å². The molecule has 1 atom stereocenters. The average molecular weight is 509 g/mol. The first-order valence-electron chi connectivity index (χ1n) is 13.1. The molecule has 3 aromatic rings. The van der Waals surface area contributed by atoms with Gasteiger partial charge in [0.15, 0.2) is 5.75 Å². The Balaban J connectivity index is 0.00000156. The number of imidazole rings is 1. The minimum atomic E-state index is -3.02. The number of hydrogen-bond acceptors (Lipinski definition) is 4. The summed E-state index contributed by atoms with van der Waals surface area (Å²) in [5.41, 5.74) is 2.81. The number of halogens is 2. The highest BCUT2D eigenvalue weighted by atomic mass is 19.3. The highest BCUT2D eigenvalue weighted by Crippen LogP contribution is 2.40. The number of carbonyl (C=O) groups is 1. The maximum atomic E-state index is 13.3. The van der Waals surface area contributed by atoms with Crippen LogP contribution in [-0.4, -0.2) is 58.6 Å². The van der Waals surface area contributed by atoms with Crippen LogP contribution >= 0.6 is 0 Å². The summed E-state index contributed by atoms with van der Waals surface area (Å²) < 4.78 is 33.3. The Hall–Kier alpha value is -3.44. The van der Waals surface area contributed by atoms with Crippen molar-refractivity contribution < 1.29 is 18.3 Å². The molecule has 1 amide bonds. The van der Waals surface area contributed by atoms with E-state index in [9.17, 15) is 13.6 Å². The lowest BCUT2D eigenvalue weighted by atomic mass is 10.1. The second-order valence-electron chi connectivity index (χ2n) is 8.98. The number of rotatable bonds is 5. The van der Waals surface area contributed by atoms with Gasteiger partial charge in [-0.1, -0.05) is 38.7 Å². The van der Waals surface area contributed by atoms with E-state index < -0.39 is 6.61 Å². The molecule has 0 radical (unpaired) electrons. The van der Waals surface area contributed by atoms with Gasteiger partial charge in [0, 0.05) is 25.6 Å². The van der Waals surface area contributed by atoms with Crippen molar-refractivity contribution in [2.24, 2.45) is 0 Å². The third-order valence-corrected chi connectivity index (χ3v) is 6.81. The Morgan fingerprint density at radius 3 is 2.62 bits per heavy atom. The molecular formula is C29H34F2N4O2. The van der Waals surface area contributed by atoms with Crippen molar-refractivity contribution in [2.45, 2.75) is 59.1 Å². The molecular weight excluding hydrogens is 474 g/mol. The van der Waals surface area contributed by atoms with Gasteiger partial charge in [-0.05, 0) is 62.7 Å². The van der Waals surface area contributed by atoms with E-state index in [0.717, 1.165) is 31.6 Å². The largest absolute Gasteiger partial charge is 0.433 e. The fraction of sp³-hybridized carbons (Fsp3) is 0.448. The Kier molecular flexibility index (Phi) is 8.45. The van der Waals surface area contributed by atoms with Gasteiger partial charge in [-0.3, -0.25) is 9.36 Å². The van der Waals surface area contributed by atoms with E-state index >= 15 is 0 Å². The lowest BCUT2D eigenvalue weighted by molar-refractivity contribution is -0.0498. The maximum absolute atomic E-state index is 13.3.